The molecule has 1 aromatic rings. The van der Waals surface area contributed by atoms with Gasteiger partial charge in [-0.15, -0.1) is 0 Å². The summed E-state index contributed by atoms with van der Waals surface area (Å²) < 4.78 is 0. The number of pyridine rings is 1. The average Bonchev–Trinajstić information content (AvgIpc) is 2.37. The Morgan fingerprint density at radius 1 is 1.26 bits per heavy atom. The van der Waals surface area contributed by atoms with Crippen LogP contribution in [0.4, 0.5) is 5.82 Å². The van der Waals surface area contributed by atoms with E-state index in [1.807, 2.05) is 0 Å². The zero-order chi connectivity index (χ0) is 14.0. The van der Waals surface area contributed by atoms with Gasteiger partial charge in [-0.2, -0.15) is 0 Å². The van der Waals surface area contributed by atoms with E-state index in [0.29, 0.717) is 12.5 Å². The maximum Gasteiger partial charge on any atom is 0.129 e. The van der Waals surface area contributed by atoms with Gasteiger partial charge in [0.05, 0.1) is 0 Å². The quantitative estimate of drug-likeness (QED) is 0.909. The van der Waals surface area contributed by atoms with E-state index in [1.54, 1.807) is 0 Å². The number of nitrogens with two attached hydrogens (primary N) is 1. The molecule has 1 aliphatic rings. The number of hydrogen-bond acceptors (Lipinski definition) is 3. The van der Waals surface area contributed by atoms with Gasteiger partial charge in [0.1, 0.15) is 5.82 Å². The number of aromatic nitrogens is 1. The number of nitrogens with zero attached hydrogens (tertiary/aromatic N) is 2. The summed E-state index contributed by atoms with van der Waals surface area (Å²) in [7, 11) is 0. The molecule has 2 N–H and O–H groups in total. The molecule has 1 aliphatic heterocycles. The summed E-state index contributed by atoms with van der Waals surface area (Å²) in [5.74, 6) is 3.05. The van der Waals surface area contributed by atoms with Gasteiger partial charge in [0.25, 0.3) is 0 Å². The summed E-state index contributed by atoms with van der Waals surface area (Å²) in [4.78, 5) is 7.28. The Morgan fingerprint density at radius 2 is 1.89 bits per heavy atom. The van der Waals surface area contributed by atoms with Crippen molar-refractivity contribution in [3.05, 3.63) is 23.4 Å². The summed E-state index contributed by atoms with van der Waals surface area (Å²) >= 11 is 0. The van der Waals surface area contributed by atoms with E-state index >= 15 is 0 Å². The van der Waals surface area contributed by atoms with E-state index in [4.69, 9.17) is 10.7 Å². The van der Waals surface area contributed by atoms with Crippen LogP contribution in [0.2, 0.25) is 0 Å². The zero-order valence-electron chi connectivity index (χ0n) is 12.7. The Bertz CT molecular complexity index is 418. The first-order valence-corrected chi connectivity index (χ1v) is 7.45. The molecule has 2 rings (SSSR count). The van der Waals surface area contributed by atoms with Gasteiger partial charge in [0, 0.05) is 25.3 Å². The number of anilines is 1. The lowest BCUT2D eigenvalue weighted by Crippen LogP contribution is -2.39. The van der Waals surface area contributed by atoms with Crippen molar-refractivity contribution in [1.29, 1.82) is 0 Å². The molecule has 2 unspecified atom stereocenters. The molecule has 2 heterocycles. The fourth-order valence-corrected chi connectivity index (χ4v) is 3.02. The summed E-state index contributed by atoms with van der Waals surface area (Å²) in [6.45, 7) is 11.9. The minimum absolute atomic E-state index is 0.449. The van der Waals surface area contributed by atoms with Crippen LogP contribution in [-0.4, -0.2) is 18.1 Å². The van der Waals surface area contributed by atoms with Crippen molar-refractivity contribution in [3.8, 4) is 0 Å². The minimum Gasteiger partial charge on any atom is -0.356 e. The van der Waals surface area contributed by atoms with Gasteiger partial charge in [-0.1, -0.05) is 27.7 Å². The van der Waals surface area contributed by atoms with Crippen molar-refractivity contribution >= 4 is 5.82 Å². The van der Waals surface area contributed by atoms with Crippen molar-refractivity contribution in [2.45, 2.75) is 46.6 Å². The second-order valence-corrected chi connectivity index (χ2v) is 6.47. The number of hydrogen-bond donors (Lipinski definition) is 1. The van der Waals surface area contributed by atoms with E-state index in [1.165, 1.54) is 12.0 Å². The molecule has 3 nitrogen and oxygen atoms in total. The molecule has 0 aliphatic carbocycles. The Morgan fingerprint density at radius 3 is 2.42 bits per heavy atom. The lowest BCUT2D eigenvalue weighted by Gasteiger charge is -2.36. The summed E-state index contributed by atoms with van der Waals surface area (Å²) in [6.07, 6.45) is 1.32. The van der Waals surface area contributed by atoms with Gasteiger partial charge >= 0.3 is 0 Å². The Labute approximate surface area is 117 Å². The predicted octanol–water partition coefficient (Wildman–Crippen LogP) is 3.15. The molecule has 19 heavy (non-hydrogen) atoms. The molecule has 0 spiro atoms. The molecule has 0 saturated carbocycles. The smallest absolute Gasteiger partial charge is 0.129 e. The Balaban J connectivity index is 2.30. The molecule has 2 atom stereocenters. The van der Waals surface area contributed by atoms with Gasteiger partial charge in [-0.3, -0.25) is 0 Å². The van der Waals surface area contributed by atoms with Crippen molar-refractivity contribution < 1.29 is 0 Å². The average molecular weight is 261 g/mol. The van der Waals surface area contributed by atoms with Crippen LogP contribution in [-0.2, 0) is 6.54 Å². The van der Waals surface area contributed by atoms with Crippen LogP contribution in [0.15, 0.2) is 12.1 Å². The number of piperidine rings is 1. The first-order chi connectivity index (χ1) is 8.99. The SMILES string of the molecule is CC1CC(C)CN(c2cc(CN)cc(C(C)C)n2)C1. The van der Waals surface area contributed by atoms with E-state index in [0.717, 1.165) is 36.4 Å². The van der Waals surface area contributed by atoms with Crippen LogP contribution >= 0.6 is 0 Å². The molecule has 0 bridgehead atoms. The lowest BCUT2D eigenvalue weighted by molar-refractivity contribution is 0.355. The summed E-state index contributed by atoms with van der Waals surface area (Å²) in [5, 5.41) is 0. The maximum atomic E-state index is 5.83. The maximum absolute atomic E-state index is 5.83. The predicted molar refractivity (Wildman–Crippen MR) is 81.4 cm³/mol. The Hall–Kier alpha value is -1.09. The van der Waals surface area contributed by atoms with Gasteiger partial charge in [0.15, 0.2) is 0 Å². The van der Waals surface area contributed by atoms with Crippen LogP contribution in [0.3, 0.4) is 0 Å². The van der Waals surface area contributed by atoms with Crippen LogP contribution < -0.4 is 10.6 Å². The highest BCUT2D eigenvalue weighted by Crippen LogP contribution is 2.27. The van der Waals surface area contributed by atoms with Gasteiger partial charge in [0.2, 0.25) is 0 Å². The second kappa shape index (κ2) is 5.91. The highest BCUT2D eigenvalue weighted by Gasteiger charge is 2.23. The van der Waals surface area contributed by atoms with Crippen LogP contribution in [0, 0.1) is 11.8 Å². The molecule has 1 aromatic heterocycles. The monoisotopic (exact) mass is 261 g/mol. The lowest BCUT2D eigenvalue weighted by atomic mass is 9.92. The van der Waals surface area contributed by atoms with Crippen molar-refractivity contribution in [2.75, 3.05) is 18.0 Å². The summed E-state index contributed by atoms with van der Waals surface area (Å²) in [6, 6.07) is 4.31. The molecule has 106 valence electrons. The topological polar surface area (TPSA) is 42.1 Å². The highest BCUT2D eigenvalue weighted by molar-refractivity contribution is 5.44. The van der Waals surface area contributed by atoms with E-state index in [-0.39, 0.29) is 0 Å². The van der Waals surface area contributed by atoms with Crippen LogP contribution in [0.1, 0.15) is 51.3 Å². The molecular formula is C16H27N3. The first-order valence-electron chi connectivity index (χ1n) is 7.45. The van der Waals surface area contributed by atoms with Crippen molar-refractivity contribution in [2.24, 2.45) is 17.6 Å². The van der Waals surface area contributed by atoms with E-state index < -0.39 is 0 Å². The van der Waals surface area contributed by atoms with Crippen molar-refractivity contribution in [3.63, 3.8) is 0 Å². The van der Waals surface area contributed by atoms with Crippen LogP contribution in [0.5, 0.6) is 0 Å². The number of rotatable bonds is 3. The van der Waals surface area contributed by atoms with Crippen molar-refractivity contribution in [1.82, 2.24) is 4.98 Å². The fourth-order valence-electron chi connectivity index (χ4n) is 3.02. The normalized spacial score (nSPS) is 24.0. The van der Waals surface area contributed by atoms with Crippen LogP contribution in [0.25, 0.3) is 0 Å². The minimum atomic E-state index is 0.449. The Kier molecular flexibility index (Phi) is 4.46. The van der Waals surface area contributed by atoms with Gasteiger partial charge in [-0.05, 0) is 41.9 Å². The highest BCUT2D eigenvalue weighted by atomic mass is 15.2. The van der Waals surface area contributed by atoms with Gasteiger partial charge in [-0.25, -0.2) is 4.98 Å². The molecule has 0 amide bonds. The standard InChI is InChI=1S/C16H27N3/c1-11(2)15-6-14(8-17)7-16(18-15)19-9-12(3)5-13(4)10-19/h6-7,11-13H,5,8-10,17H2,1-4H3. The van der Waals surface area contributed by atoms with E-state index in [2.05, 4.69) is 44.7 Å². The molecular weight excluding hydrogens is 234 g/mol. The molecule has 3 heteroatoms. The second-order valence-electron chi connectivity index (χ2n) is 6.47. The first kappa shape index (κ1) is 14.3. The largest absolute Gasteiger partial charge is 0.356 e. The molecule has 1 fully saturated rings. The van der Waals surface area contributed by atoms with Gasteiger partial charge < -0.3 is 10.6 Å². The third-order valence-corrected chi connectivity index (χ3v) is 3.91. The molecule has 1 saturated heterocycles. The zero-order valence-corrected chi connectivity index (χ0v) is 12.7. The van der Waals surface area contributed by atoms with E-state index in [9.17, 15) is 0 Å². The third-order valence-electron chi connectivity index (χ3n) is 3.91. The molecule has 0 radical (unpaired) electrons. The summed E-state index contributed by atoms with van der Waals surface area (Å²) in [5.41, 5.74) is 8.18. The fraction of sp³-hybridized carbons (Fsp3) is 0.688. The third kappa shape index (κ3) is 3.47. The molecule has 0 aromatic carbocycles.